The van der Waals surface area contributed by atoms with Crippen molar-refractivity contribution in [2.75, 3.05) is 30.2 Å². The van der Waals surface area contributed by atoms with E-state index in [1.54, 1.807) is 25.1 Å². The minimum atomic E-state index is -4.09. The van der Waals surface area contributed by atoms with Crippen molar-refractivity contribution in [3.63, 3.8) is 0 Å². The first-order valence-electron chi connectivity index (χ1n) is 10.8. The molecule has 192 valence electrons. The lowest BCUT2D eigenvalue weighted by atomic mass is 10.2. The molecule has 0 fully saturated rings. The van der Waals surface area contributed by atoms with Crippen molar-refractivity contribution < 1.29 is 31.1 Å². The first kappa shape index (κ1) is 26.8. The topological polar surface area (TPSA) is 140 Å². The Kier molecular flexibility index (Phi) is 8.10. The molecule has 0 aliphatic rings. The van der Waals surface area contributed by atoms with Gasteiger partial charge in [0.1, 0.15) is 11.5 Å². The molecule has 0 saturated heterocycles. The van der Waals surface area contributed by atoms with Gasteiger partial charge in [-0.15, -0.1) is 0 Å². The first-order valence-corrected chi connectivity index (χ1v) is 13.7. The molecule has 3 aromatic carbocycles. The maximum absolute atomic E-state index is 12.9. The number of carbonyl (C=O) groups excluding carboxylic acids is 1. The second-order valence-corrected chi connectivity index (χ2v) is 11.0. The SMILES string of the molecule is CCNC(=O)c1cc(S(=O)(=O)Nc2ccc(S(=O)(=O)Nc3cc(C)ccc3OC)cc2)ccc1OC. The summed E-state index contributed by atoms with van der Waals surface area (Å²) in [6.45, 7) is 3.92. The zero-order chi connectivity index (χ0) is 26.5. The van der Waals surface area contributed by atoms with Crippen LogP contribution in [0.3, 0.4) is 0 Å². The van der Waals surface area contributed by atoms with Crippen molar-refractivity contribution in [2.24, 2.45) is 0 Å². The smallest absolute Gasteiger partial charge is 0.262 e. The molecule has 0 unspecified atom stereocenters. The average molecular weight is 534 g/mol. The number of benzene rings is 3. The number of carbonyl (C=O) groups is 1. The Morgan fingerprint density at radius 1 is 0.778 bits per heavy atom. The number of hydrogen-bond acceptors (Lipinski definition) is 7. The minimum Gasteiger partial charge on any atom is -0.496 e. The summed E-state index contributed by atoms with van der Waals surface area (Å²) in [5.41, 5.74) is 1.33. The highest BCUT2D eigenvalue weighted by Gasteiger charge is 2.21. The Morgan fingerprint density at radius 2 is 1.36 bits per heavy atom. The molecule has 0 radical (unpaired) electrons. The highest BCUT2D eigenvalue weighted by atomic mass is 32.2. The van der Waals surface area contributed by atoms with Gasteiger partial charge in [-0.25, -0.2) is 16.8 Å². The van der Waals surface area contributed by atoms with E-state index in [0.29, 0.717) is 12.3 Å². The molecule has 3 aromatic rings. The lowest BCUT2D eigenvalue weighted by Gasteiger charge is -2.14. The largest absolute Gasteiger partial charge is 0.496 e. The van der Waals surface area contributed by atoms with Crippen LogP contribution in [0.2, 0.25) is 0 Å². The number of sulfonamides is 2. The van der Waals surface area contributed by atoms with Crippen LogP contribution in [0.1, 0.15) is 22.8 Å². The summed E-state index contributed by atoms with van der Waals surface area (Å²) in [6.07, 6.45) is 0. The average Bonchev–Trinajstić information content (AvgIpc) is 2.83. The molecule has 0 saturated carbocycles. The molecular formula is C24H27N3O7S2. The van der Waals surface area contributed by atoms with Crippen LogP contribution in [-0.4, -0.2) is 43.5 Å². The van der Waals surface area contributed by atoms with Crippen LogP contribution in [-0.2, 0) is 20.0 Å². The number of aryl methyl sites for hydroxylation is 1. The minimum absolute atomic E-state index is 0.0707. The van der Waals surface area contributed by atoms with E-state index in [9.17, 15) is 21.6 Å². The molecule has 3 N–H and O–H groups in total. The molecule has 0 atom stereocenters. The van der Waals surface area contributed by atoms with Gasteiger partial charge < -0.3 is 14.8 Å². The fourth-order valence-corrected chi connectivity index (χ4v) is 5.45. The summed E-state index contributed by atoms with van der Waals surface area (Å²) in [4.78, 5) is 12.1. The van der Waals surface area contributed by atoms with Gasteiger partial charge in [-0.05, 0) is 74.0 Å². The highest BCUT2D eigenvalue weighted by Crippen LogP contribution is 2.29. The van der Waals surface area contributed by atoms with Crippen LogP contribution >= 0.6 is 0 Å². The maximum atomic E-state index is 12.9. The second kappa shape index (κ2) is 10.9. The van der Waals surface area contributed by atoms with E-state index >= 15 is 0 Å². The zero-order valence-electron chi connectivity index (χ0n) is 20.2. The van der Waals surface area contributed by atoms with Crippen LogP contribution < -0.4 is 24.2 Å². The number of nitrogens with one attached hydrogen (secondary N) is 3. The number of rotatable bonds is 10. The standard InChI is InChI=1S/C24H27N3O7S2/c1-5-25-24(28)20-15-19(11-13-22(20)33-3)36(31,32)26-17-7-9-18(10-8-17)35(29,30)27-21-14-16(2)6-12-23(21)34-4/h6-15,26-27H,5H2,1-4H3,(H,25,28). The van der Waals surface area contributed by atoms with Crippen LogP contribution in [0.25, 0.3) is 0 Å². The normalized spacial score (nSPS) is 11.4. The Hall–Kier alpha value is -3.77. The van der Waals surface area contributed by atoms with Gasteiger partial charge in [0, 0.05) is 12.2 Å². The van der Waals surface area contributed by atoms with Crippen molar-refractivity contribution in [3.8, 4) is 11.5 Å². The van der Waals surface area contributed by atoms with Gasteiger partial charge in [-0.2, -0.15) is 0 Å². The van der Waals surface area contributed by atoms with Crippen molar-refractivity contribution >= 4 is 37.3 Å². The van der Waals surface area contributed by atoms with E-state index in [1.165, 1.54) is 56.7 Å². The van der Waals surface area contributed by atoms with E-state index in [0.717, 1.165) is 5.56 Å². The summed E-state index contributed by atoms with van der Waals surface area (Å²) < 4.78 is 66.8. The summed E-state index contributed by atoms with van der Waals surface area (Å²) in [6, 6.07) is 14.2. The Balaban J connectivity index is 1.83. The molecule has 0 heterocycles. The third kappa shape index (κ3) is 6.07. The highest BCUT2D eigenvalue weighted by molar-refractivity contribution is 7.93. The summed E-state index contributed by atoms with van der Waals surface area (Å²) in [7, 11) is -5.24. The lowest BCUT2D eigenvalue weighted by Crippen LogP contribution is -2.24. The predicted octanol–water partition coefficient (Wildman–Crippen LogP) is 3.36. The number of amides is 1. The molecular weight excluding hydrogens is 506 g/mol. The zero-order valence-corrected chi connectivity index (χ0v) is 21.8. The number of methoxy groups -OCH3 is 2. The molecule has 0 spiro atoms. The van der Waals surface area contributed by atoms with E-state index in [2.05, 4.69) is 14.8 Å². The summed E-state index contributed by atoms with van der Waals surface area (Å²) in [5, 5.41) is 2.61. The van der Waals surface area contributed by atoms with Gasteiger partial charge in [0.15, 0.2) is 0 Å². The number of anilines is 2. The molecule has 36 heavy (non-hydrogen) atoms. The van der Waals surface area contributed by atoms with Crippen molar-refractivity contribution in [2.45, 2.75) is 23.6 Å². The first-order chi connectivity index (χ1) is 17.0. The van der Waals surface area contributed by atoms with E-state index in [4.69, 9.17) is 9.47 Å². The molecule has 0 aliphatic carbocycles. The van der Waals surface area contributed by atoms with Gasteiger partial charge in [0.05, 0.1) is 35.3 Å². The molecule has 3 rings (SSSR count). The molecule has 0 aromatic heterocycles. The number of hydrogen-bond donors (Lipinski definition) is 3. The van der Waals surface area contributed by atoms with E-state index in [1.807, 2.05) is 6.92 Å². The molecule has 0 aliphatic heterocycles. The Labute approximate surface area is 210 Å². The van der Waals surface area contributed by atoms with Gasteiger partial charge in [0.2, 0.25) is 0 Å². The third-order valence-corrected chi connectivity index (χ3v) is 7.84. The maximum Gasteiger partial charge on any atom is 0.262 e. The predicted molar refractivity (Wildman–Crippen MR) is 137 cm³/mol. The fourth-order valence-electron chi connectivity index (χ4n) is 3.31. The van der Waals surface area contributed by atoms with Crippen molar-refractivity contribution in [3.05, 3.63) is 71.8 Å². The summed E-state index contributed by atoms with van der Waals surface area (Å²) in [5.74, 6) is 0.117. The van der Waals surface area contributed by atoms with Crippen LogP contribution in [0, 0.1) is 6.92 Å². The van der Waals surface area contributed by atoms with Crippen molar-refractivity contribution in [1.82, 2.24) is 5.32 Å². The van der Waals surface area contributed by atoms with Gasteiger partial charge >= 0.3 is 0 Å². The second-order valence-electron chi connectivity index (χ2n) is 7.66. The lowest BCUT2D eigenvalue weighted by molar-refractivity contribution is 0.0952. The Bertz CT molecular complexity index is 1470. The summed E-state index contributed by atoms with van der Waals surface area (Å²) >= 11 is 0. The molecule has 1 amide bonds. The van der Waals surface area contributed by atoms with Gasteiger partial charge in [-0.3, -0.25) is 14.2 Å². The quantitative estimate of drug-likeness (QED) is 0.363. The molecule has 0 bridgehead atoms. The number of ether oxygens (including phenoxy) is 2. The Morgan fingerprint density at radius 3 is 1.97 bits per heavy atom. The monoisotopic (exact) mass is 533 g/mol. The van der Waals surface area contributed by atoms with Gasteiger partial charge in [0.25, 0.3) is 26.0 Å². The van der Waals surface area contributed by atoms with Crippen LogP contribution in [0.15, 0.2) is 70.5 Å². The van der Waals surface area contributed by atoms with Crippen molar-refractivity contribution in [1.29, 1.82) is 0 Å². The van der Waals surface area contributed by atoms with E-state index in [-0.39, 0.29) is 32.5 Å². The van der Waals surface area contributed by atoms with E-state index < -0.39 is 26.0 Å². The van der Waals surface area contributed by atoms with Crippen LogP contribution in [0.5, 0.6) is 11.5 Å². The fraction of sp³-hybridized carbons (Fsp3) is 0.208. The molecule has 12 heteroatoms. The van der Waals surface area contributed by atoms with Crippen LogP contribution in [0.4, 0.5) is 11.4 Å². The molecule has 10 nitrogen and oxygen atoms in total. The third-order valence-electron chi connectivity index (χ3n) is 5.08. The van der Waals surface area contributed by atoms with Gasteiger partial charge in [-0.1, -0.05) is 6.07 Å².